The van der Waals surface area contributed by atoms with Crippen LogP contribution >= 0.6 is 0 Å². The molecule has 1 aliphatic carbocycles. The summed E-state index contributed by atoms with van der Waals surface area (Å²) in [6.45, 7) is 2.46. The van der Waals surface area contributed by atoms with Crippen LogP contribution < -0.4 is 5.76 Å². The minimum atomic E-state index is -0.651. The zero-order valence-corrected chi connectivity index (χ0v) is 12.9. The first-order chi connectivity index (χ1) is 11.1. The fourth-order valence-corrected chi connectivity index (χ4v) is 2.61. The number of carbonyl (C=O) groups is 1. The molecule has 2 aromatic rings. The molecular weight excluding hydrogens is 301 g/mol. The highest BCUT2D eigenvalue weighted by molar-refractivity contribution is 5.76. The Balaban J connectivity index is 1.77. The molecule has 1 aromatic carbocycles. The summed E-state index contributed by atoms with van der Waals surface area (Å²) in [5.74, 6) is -0.728. The van der Waals surface area contributed by atoms with Crippen molar-refractivity contribution in [3.8, 4) is 0 Å². The van der Waals surface area contributed by atoms with Gasteiger partial charge in [0.25, 0.3) is 0 Å². The number of rotatable bonds is 6. The summed E-state index contributed by atoms with van der Waals surface area (Å²) < 4.78 is 18.9. The normalized spacial score (nSPS) is 14.0. The van der Waals surface area contributed by atoms with Gasteiger partial charge in [0.1, 0.15) is 12.4 Å². The van der Waals surface area contributed by atoms with Gasteiger partial charge in [-0.3, -0.25) is 13.9 Å². The van der Waals surface area contributed by atoms with Crippen molar-refractivity contribution in [2.45, 2.75) is 38.8 Å². The van der Waals surface area contributed by atoms with E-state index in [0.717, 1.165) is 18.4 Å². The average Bonchev–Trinajstić information content (AvgIpc) is 3.31. The molecule has 1 aliphatic rings. The van der Waals surface area contributed by atoms with Gasteiger partial charge in [-0.05, 0) is 37.5 Å². The number of benzene rings is 1. The standard InChI is InChI=1S/C16H18FN3O3/c1-2-19(13-7-8-13)15(21)10-20-14(18-23-16(20)22)9-11-3-5-12(17)6-4-11/h3-6,13H,2,7-10H2,1H3. The van der Waals surface area contributed by atoms with E-state index in [2.05, 4.69) is 5.16 Å². The van der Waals surface area contributed by atoms with Crippen LogP contribution in [0.15, 0.2) is 33.6 Å². The van der Waals surface area contributed by atoms with Crippen molar-refractivity contribution >= 4 is 5.91 Å². The Labute approximate surface area is 132 Å². The van der Waals surface area contributed by atoms with Gasteiger partial charge in [0.05, 0.1) is 0 Å². The van der Waals surface area contributed by atoms with Crippen molar-refractivity contribution in [1.82, 2.24) is 14.6 Å². The van der Waals surface area contributed by atoms with Crippen LogP contribution in [0.1, 0.15) is 31.2 Å². The summed E-state index contributed by atoms with van der Waals surface area (Å²) >= 11 is 0. The highest BCUT2D eigenvalue weighted by Gasteiger charge is 2.32. The summed E-state index contributed by atoms with van der Waals surface area (Å²) in [4.78, 5) is 26.0. The van der Waals surface area contributed by atoms with Crippen molar-refractivity contribution in [1.29, 1.82) is 0 Å². The number of aromatic nitrogens is 2. The van der Waals surface area contributed by atoms with Crippen LogP contribution in [0.4, 0.5) is 4.39 Å². The molecule has 1 fully saturated rings. The van der Waals surface area contributed by atoms with Gasteiger partial charge in [-0.25, -0.2) is 9.18 Å². The van der Waals surface area contributed by atoms with Crippen molar-refractivity contribution in [2.24, 2.45) is 0 Å². The Hall–Kier alpha value is -2.44. The van der Waals surface area contributed by atoms with Crippen LogP contribution in [0.2, 0.25) is 0 Å². The molecule has 0 N–H and O–H groups in total. The monoisotopic (exact) mass is 319 g/mol. The summed E-state index contributed by atoms with van der Waals surface area (Å²) in [5.41, 5.74) is 0.787. The van der Waals surface area contributed by atoms with Crippen LogP contribution in [0.3, 0.4) is 0 Å². The predicted octanol–water partition coefficient (Wildman–Crippen LogP) is 1.58. The van der Waals surface area contributed by atoms with Crippen molar-refractivity contribution in [2.75, 3.05) is 6.54 Å². The van der Waals surface area contributed by atoms with Crippen LogP contribution in [0.25, 0.3) is 0 Å². The fourth-order valence-electron chi connectivity index (χ4n) is 2.61. The Bertz CT molecular complexity index is 747. The molecular formula is C16H18FN3O3. The summed E-state index contributed by atoms with van der Waals surface area (Å²) in [5, 5.41) is 3.74. The van der Waals surface area contributed by atoms with Gasteiger partial charge in [0, 0.05) is 19.0 Å². The quantitative estimate of drug-likeness (QED) is 0.810. The van der Waals surface area contributed by atoms with Gasteiger partial charge in [-0.15, -0.1) is 0 Å². The molecule has 7 heteroatoms. The Kier molecular flexibility index (Phi) is 4.27. The lowest BCUT2D eigenvalue weighted by Gasteiger charge is -2.20. The number of likely N-dealkylation sites (N-methyl/N-ethyl adjacent to an activating group) is 1. The number of hydrogen-bond donors (Lipinski definition) is 0. The molecule has 0 atom stereocenters. The highest BCUT2D eigenvalue weighted by atomic mass is 19.1. The Morgan fingerprint density at radius 1 is 1.39 bits per heavy atom. The second-order valence-corrected chi connectivity index (χ2v) is 5.67. The summed E-state index contributed by atoms with van der Waals surface area (Å²) in [6.07, 6.45) is 2.33. The topological polar surface area (TPSA) is 68.3 Å². The van der Waals surface area contributed by atoms with Gasteiger partial charge in [-0.2, -0.15) is 0 Å². The highest BCUT2D eigenvalue weighted by Crippen LogP contribution is 2.26. The first-order valence-electron chi connectivity index (χ1n) is 7.67. The molecule has 1 saturated carbocycles. The van der Waals surface area contributed by atoms with Gasteiger partial charge in [0.2, 0.25) is 5.91 Å². The minimum Gasteiger partial charge on any atom is -0.338 e. The number of nitrogens with zero attached hydrogens (tertiary/aromatic N) is 3. The van der Waals surface area contributed by atoms with Crippen LogP contribution in [-0.4, -0.2) is 33.1 Å². The second kappa shape index (κ2) is 6.36. The third-order valence-corrected chi connectivity index (χ3v) is 3.98. The van der Waals surface area contributed by atoms with Crippen LogP contribution in [0.5, 0.6) is 0 Å². The molecule has 1 amide bonds. The van der Waals surface area contributed by atoms with E-state index in [1.165, 1.54) is 16.7 Å². The Morgan fingerprint density at radius 3 is 2.70 bits per heavy atom. The molecule has 1 aromatic heterocycles. The van der Waals surface area contributed by atoms with E-state index in [4.69, 9.17) is 4.52 Å². The maximum absolute atomic E-state index is 13.0. The number of carbonyl (C=O) groups excluding carboxylic acids is 1. The Morgan fingerprint density at radius 2 is 2.09 bits per heavy atom. The molecule has 0 aliphatic heterocycles. The molecule has 0 bridgehead atoms. The van der Waals surface area contributed by atoms with Crippen molar-refractivity contribution in [3.63, 3.8) is 0 Å². The molecule has 23 heavy (non-hydrogen) atoms. The third kappa shape index (κ3) is 3.49. The lowest BCUT2D eigenvalue weighted by molar-refractivity contribution is -0.132. The minimum absolute atomic E-state index is 0.0802. The van der Waals surface area contributed by atoms with E-state index in [-0.39, 0.29) is 18.3 Å². The summed E-state index contributed by atoms with van der Waals surface area (Å²) in [6, 6.07) is 6.21. The van der Waals surface area contributed by atoms with Gasteiger partial charge >= 0.3 is 5.76 Å². The van der Waals surface area contributed by atoms with Gasteiger partial charge < -0.3 is 4.90 Å². The molecule has 0 unspecified atom stereocenters. The maximum Gasteiger partial charge on any atom is 0.442 e. The molecule has 122 valence electrons. The average molecular weight is 319 g/mol. The fraction of sp³-hybridized carbons (Fsp3) is 0.438. The molecule has 6 nitrogen and oxygen atoms in total. The van der Waals surface area contributed by atoms with Gasteiger partial charge in [-0.1, -0.05) is 17.3 Å². The number of halogens is 1. The number of amides is 1. The van der Waals surface area contributed by atoms with E-state index in [1.807, 2.05) is 6.92 Å². The largest absolute Gasteiger partial charge is 0.442 e. The molecule has 0 saturated heterocycles. The van der Waals surface area contributed by atoms with E-state index in [1.54, 1.807) is 17.0 Å². The number of hydrogen-bond acceptors (Lipinski definition) is 4. The van der Waals surface area contributed by atoms with E-state index in [9.17, 15) is 14.0 Å². The lowest BCUT2D eigenvalue weighted by Crippen LogP contribution is -2.37. The first-order valence-corrected chi connectivity index (χ1v) is 7.67. The van der Waals surface area contributed by atoms with Crippen LogP contribution in [0, 0.1) is 5.82 Å². The second-order valence-electron chi connectivity index (χ2n) is 5.67. The molecule has 3 rings (SSSR count). The zero-order chi connectivity index (χ0) is 16.4. The zero-order valence-electron chi connectivity index (χ0n) is 12.9. The summed E-state index contributed by atoms with van der Waals surface area (Å²) in [7, 11) is 0. The van der Waals surface area contributed by atoms with Crippen molar-refractivity contribution in [3.05, 3.63) is 52.0 Å². The van der Waals surface area contributed by atoms with E-state index < -0.39 is 5.76 Å². The SMILES string of the molecule is CCN(C(=O)Cn1c(Cc2ccc(F)cc2)noc1=O)C1CC1. The predicted molar refractivity (Wildman–Crippen MR) is 80.4 cm³/mol. The first kappa shape index (κ1) is 15.5. The molecule has 1 heterocycles. The lowest BCUT2D eigenvalue weighted by atomic mass is 10.1. The third-order valence-electron chi connectivity index (χ3n) is 3.98. The molecule has 0 radical (unpaired) electrons. The van der Waals surface area contributed by atoms with Crippen LogP contribution in [-0.2, 0) is 17.8 Å². The van der Waals surface area contributed by atoms with E-state index in [0.29, 0.717) is 24.8 Å². The van der Waals surface area contributed by atoms with Gasteiger partial charge in [0.15, 0.2) is 5.82 Å². The maximum atomic E-state index is 13.0. The van der Waals surface area contributed by atoms with E-state index >= 15 is 0 Å². The van der Waals surface area contributed by atoms with Crippen molar-refractivity contribution < 1.29 is 13.7 Å². The smallest absolute Gasteiger partial charge is 0.338 e. The molecule has 0 spiro atoms.